The van der Waals surface area contributed by atoms with Gasteiger partial charge >= 0.3 is 0 Å². The summed E-state index contributed by atoms with van der Waals surface area (Å²) >= 11 is 6.28. The highest BCUT2D eigenvalue weighted by atomic mass is 35.5. The summed E-state index contributed by atoms with van der Waals surface area (Å²) in [6.07, 6.45) is 0. The second-order valence-electron chi connectivity index (χ2n) is 4.75. The van der Waals surface area contributed by atoms with Crippen LogP contribution in [0.1, 0.15) is 23.7 Å². The monoisotopic (exact) mass is 270 g/mol. The zero-order chi connectivity index (χ0) is 13.4. The third-order valence-corrected chi connectivity index (χ3v) is 3.43. The Morgan fingerprint density at radius 2 is 1.74 bits per heavy atom. The van der Waals surface area contributed by atoms with Crippen LogP contribution in [-0.4, -0.2) is 9.55 Å². The lowest BCUT2D eigenvalue weighted by atomic mass is 10.2. The average Bonchev–Trinajstić information content (AvgIpc) is 2.79. The minimum atomic E-state index is -0.131. The van der Waals surface area contributed by atoms with Crippen molar-refractivity contribution in [3.05, 3.63) is 59.9 Å². The van der Waals surface area contributed by atoms with Gasteiger partial charge in [-0.1, -0.05) is 29.8 Å². The summed E-state index contributed by atoms with van der Waals surface area (Å²) in [6, 6.07) is 16.5. The van der Waals surface area contributed by atoms with Crippen molar-refractivity contribution in [2.24, 2.45) is 0 Å². The van der Waals surface area contributed by atoms with Gasteiger partial charge in [-0.05, 0) is 38.1 Å². The Morgan fingerprint density at radius 3 is 2.42 bits per heavy atom. The van der Waals surface area contributed by atoms with Crippen LogP contribution in [0, 0.1) is 6.92 Å². The van der Waals surface area contributed by atoms with E-state index in [9.17, 15) is 0 Å². The maximum Gasteiger partial charge on any atom is 0.132 e. The number of hydrogen-bond donors (Lipinski definition) is 0. The molecule has 2 nitrogen and oxygen atoms in total. The van der Waals surface area contributed by atoms with Gasteiger partial charge in [0, 0.05) is 5.69 Å². The first-order valence-electron chi connectivity index (χ1n) is 6.35. The fourth-order valence-corrected chi connectivity index (χ4v) is 2.42. The van der Waals surface area contributed by atoms with Gasteiger partial charge in [-0.2, -0.15) is 0 Å². The van der Waals surface area contributed by atoms with E-state index >= 15 is 0 Å². The van der Waals surface area contributed by atoms with Crippen LogP contribution in [0.15, 0.2) is 48.5 Å². The Balaban J connectivity index is 2.31. The van der Waals surface area contributed by atoms with Crippen LogP contribution >= 0.6 is 11.6 Å². The normalized spacial score (nSPS) is 12.8. The summed E-state index contributed by atoms with van der Waals surface area (Å²) < 4.78 is 2.13. The molecule has 1 unspecified atom stereocenters. The molecule has 3 heteroatoms. The fourth-order valence-electron chi connectivity index (χ4n) is 2.28. The largest absolute Gasteiger partial charge is 0.295 e. The molecule has 3 aromatic rings. The highest BCUT2D eigenvalue weighted by Gasteiger charge is 2.15. The Bertz CT molecular complexity index is 711. The number of imidazole rings is 1. The number of halogens is 1. The quantitative estimate of drug-likeness (QED) is 0.621. The first-order valence-corrected chi connectivity index (χ1v) is 6.79. The number of para-hydroxylation sites is 2. The Hall–Kier alpha value is -1.80. The molecule has 0 aliphatic rings. The van der Waals surface area contributed by atoms with Crippen molar-refractivity contribution in [1.29, 1.82) is 0 Å². The number of alkyl halides is 1. The SMILES string of the molecule is Cc1ccc(-n2c(C(C)Cl)nc3ccccc32)cc1. The summed E-state index contributed by atoms with van der Waals surface area (Å²) in [5.74, 6) is 0.881. The predicted octanol–water partition coefficient (Wildman–Crippen LogP) is 4.63. The molecule has 1 aromatic heterocycles. The van der Waals surface area contributed by atoms with Crippen molar-refractivity contribution in [1.82, 2.24) is 9.55 Å². The molecular weight excluding hydrogens is 256 g/mol. The van der Waals surface area contributed by atoms with E-state index < -0.39 is 0 Å². The van der Waals surface area contributed by atoms with Gasteiger partial charge < -0.3 is 0 Å². The van der Waals surface area contributed by atoms with Gasteiger partial charge in [0.15, 0.2) is 0 Å². The first-order chi connectivity index (χ1) is 9.16. The topological polar surface area (TPSA) is 17.8 Å². The second-order valence-corrected chi connectivity index (χ2v) is 5.40. The van der Waals surface area contributed by atoms with Crippen LogP contribution in [0.2, 0.25) is 0 Å². The maximum atomic E-state index is 6.28. The molecule has 96 valence electrons. The van der Waals surface area contributed by atoms with Crippen molar-refractivity contribution in [3.8, 4) is 5.69 Å². The van der Waals surface area contributed by atoms with Crippen LogP contribution in [0.4, 0.5) is 0 Å². The lowest BCUT2D eigenvalue weighted by molar-refractivity contribution is 0.882. The van der Waals surface area contributed by atoms with Gasteiger partial charge in [-0.3, -0.25) is 4.57 Å². The van der Waals surface area contributed by atoms with Gasteiger partial charge in [0.2, 0.25) is 0 Å². The molecule has 0 saturated heterocycles. The maximum absolute atomic E-state index is 6.28. The molecule has 2 aromatic carbocycles. The molecule has 0 spiro atoms. The summed E-state index contributed by atoms with van der Waals surface area (Å²) in [4.78, 5) is 4.64. The summed E-state index contributed by atoms with van der Waals surface area (Å²) in [5.41, 5.74) is 4.41. The molecule has 1 atom stereocenters. The van der Waals surface area contributed by atoms with E-state index in [1.54, 1.807) is 0 Å². The lowest BCUT2D eigenvalue weighted by Crippen LogP contribution is -2.01. The van der Waals surface area contributed by atoms with Crippen LogP contribution in [0.25, 0.3) is 16.7 Å². The first kappa shape index (κ1) is 12.2. The van der Waals surface area contributed by atoms with E-state index in [4.69, 9.17) is 11.6 Å². The molecular formula is C16H15ClN2. The van der Waals surface area contributed by atoms with Gasteiger partial charge in [0.1, 0.15) is 5.82 Å². The van der Waals surface area contributed by atoms with Gasteiger partial charge in [-0.25, -0.2) is 4.98 Å². The number of rotatable bonds is 2. The molecule has 0 aliphatic heterocycles. The van der Waals surface area contributed by atoms with Crippen LogP contribution in [0.5, 0.6) is 0 Å². The number of benzene rings is 2. The molecule has 0 amide bonds. The summed E-state index contributed by atoms with van der Waals surface area (Å²) in [5, 5.41) is -0.131. The molecule has 0 aliphatic carbocycles. The number of nitrogens with zero attached hydrogens (tertiary/aromatic N) is 2. The third kappa shape index (κ3) is 2.13. The van der Waals surface area contributed by atoms with Crippen molar-refractivity contribution in [3.63, 3.8) is 0 Å². The molecule has 0 fully saturated rings. The van der Waals surface area contributed by atoms with Crippen molar-refractivity contribution >= 4 is 22.6 Å². The van der Waals surface area contributed by atoms with E-state index in [1.165, 1.54) is 5.56 Å². The highest BCUT2D eigenvalue weighted by Crippen LogP contribution is 2.28. The highest BCUT2D eigenvalue weighted by molar-refractivity contribution is 6.20. The van der Waals surface area contributed by atoms with Gasteiger partial charge in [0.05, 0.1) is 16.4 Å². The average molecular weight is 271 g/mol. The molecule has 3 rings (SSSR count). The fraction of sp³-hybridized carbons (Fsp3) is 0.188. The molecule has 19 heavy (non-hydrogen) atoms. The molecule has 0 bridgehead atoms. The van der Waals surface area contributed by atoms with Gasteiger partial charge in [0.25, 0.3) is 0 Å². The van der Waals surface area contributed by atoms with E-state index in [1.807, 2.05) is 25.1 Å². The Kier molecular flexibility index (Phi) is 3.03. The van der Waals surface area contributed by atoms with Crippen molar-refractivity contribution < 1.29 is 0 Å². The smallest absolute Gasteiger partial charge is 0.132 e. The van der Waals surface area contributed by atoms with Crippen LogP contribution < -0.4 is 0 Å². The number of hydrogen-bond acceptors (Lipinski definition) is 1. The van der Waals surface area contributed by atoms with Crippen molar-refractivity contribution in [2.45, 2.75) is 19.2 Å². The second kappa shape index (κ2) is 4.71. The Morgan fingerprint density at radius 1 is 1.05 bits per heavy atom. The standard InChI is InChI=1S/C16H15ClN2/c1-11-7-9-13(10-8-11)19-15-6-4-3-5-14(15)18-16(19)12(2)17/h3-10,12H,1-2H3. The molecule has 0 radical (unpaired) electrons. The molecule has 1 heterocycles. The minimum absolute atomic E-state index is 0.131. The lowest BCUT2D eigenvalue weighted by Gasteiger charge is -2.10. The number of aryl methyl sites for hydroxylation is 1. The molecule has 0 N–H and O–H groups in total. The molecule has 0 saturated carbocycles. The summed E-state index contributed by atoms with van der Waals surface area (Å²) in [6.45, 7) is 4.04. The third-order valence-electron chi connectivity index (χ3n) is 3.23. The van der Waals surface area contributed by atoms with E-state index in [0.717, 1.165) is 22.5 Å². The Labute approximate surface area is 117 Å². The number of fused-ring (bicyclic) bond motifs is 1. The van der Waals surface area contributed by atoms with E-state index in [2.05, 4.69) is 46.8 Å². The zero-order valence-corrected chi connectivity index (χ0v) is 11.7. The minimum Gasteiger partial charge on any atom is -0.295 e. The van der Waals surface area contributed by atoms with E-state index in [0.29, 0.717) is 0 Å². The van der Waals surface area contributed by atoms with Crippen LogP contribution in [0.3, 0.4) is 0 Å². The van der Waals surface area contributed by atoms with E-state index in [-0.39, 0.29) is 5.38 Å². The van der Waals surface area contributed by atoms with Crippen LogP contribution in [-0.2, 0) is 0 Å². The van der Waals surface area contributed by atoms with Crippen molar-refractivity contribution in [2.75, 3.05) is 0 Å². The number of aromatic nitrogens is 2. The van der Waals surface area contributed by atoms with Gasteiger partial charge in [-0.15, -0.1) is 11.6 Å². The predicted molar refractivity (Wildman–Crippen MR) is 80.1 cm³/mol. The summed E-state index contributed by atoms with van der Waals surface area (Å²) in [7, 11) is 0. The zero-order valence-electron chi connectivity index (χ0n) is 11.0.